The van der Waals surface area contributed by atoms with Crippen molar-refractivity contribution >= 4 is 77.6 Å². The predicted octanol–water partition coefficient (Wildman–Crippen LogP) is 15.0. The molecule has 740 valence electrons. The molecule has 29 nitrogen and oxygen atoms in total. The Hall–Kier alpha value is -8.18. The molecule has 22 atom stereocenters. The number of nitrogens with one attached hydrogen (secondary N) is 2. The zero-order chi connectivity index (χ0) is 99.2. The number of aliphatic hydroxyl groups excluding tert-OH is 2. The molecular weight excluding hydrogens is 1940 g/mol. The Morgan fingerprint density at radius 1 is 0.496 bits per heavy atom. The largest absolute Gasteiger partial charge is 0.458 e. The molecule has 1 saturated heterocycles. The molecule has 6 N–H and O–H groups in total. The van der Waals surface area contributed by atoms with Crippen molar-refractivity contribution < 1.29 is 150 Å². The number of Topliss-reactive ketones (excluding diaryl/α,β-unsaturated/α-hetero) is 2. The van der Waals surface area contributed by atoms with E-state index in [1.807, 2.05) is 61.5 Å². The van der Waals surface area contributed by atoms with Gasteiger partial charge in [-0.15, -0.1) is 0 Å². The number of fused-ring (bicyclic) bond motifs is 10. The van der Waals surface area contributed by atoms with Gasteiger partial charge in [0.25, 0.3) is 0 Å². The maximum atomic E-state index is 15.8. The second-order valence-electron chi connectivity index (χ2n) is 42.3. The van der Waals surface area contributed by atoms with Crippen LogP contribution in [0.3, 0.4) is 0 Å². The number of ether oxygens (including phenoxy) is 11. The molecule has 2 radical (unpaired) electrons. The van der Waals surface area contributed by atoms with Crippen LogP contribution >= 0.6 is 0 Å². The summed E-state index contributed by atoms with van der Waals surface area (Å²) < 4.78 is 82.6. The van der Waals surface area contributed by atoms with Gasteiger partial charge in [-0.3, -0.25) is 19.2 Å². The number of rotatable bonds is 28. The SMILES string of the molecule is CO[C@H]1C[C@H]2CC[C@@]2(OC(C)=O)C2[C@H](OC(=O)c3ccccc3)[C@]3(O)C[C@H](OC(=O)C(O[Si](C(C)C)C(C)C)[C@@H](NC(=O)OC(C)(C)C)c4ccccc4)C(C)=C([C@@H](CO)C(=O)[C@@]21C)C3(C)C.CO[C@H]1C[C@H]2OC[C@@]2(OC(C)=O)C2[C@H](OC(=O)c3ccccc3)[C@]3(O)C[C@H](OC(=O)[C@H](O[Si](C(C)C)C(C)C)[C@@H](NC(=O)OC(C)(C)C)c4ccccc4)C(C)=C([C@@H](CO)C(=O)[C@@]21C)C3(C)C.[W]. The van der Waals surface area contributed by atoms with Gasteiger partial charge in [0, 0.05) is 85.1 Å². The van der Waals surface area contributed by atoms with E-state index in [2.05, 4.69) is 10.6 Å². The summed E-state index contributed by atoms with van der Waals surface area (Å²) in [5.74, 6) is -11.0. The zero-order valence-corrected chi connectivity index (χ0v) is 88.0. The Morgan fingerprint density at radius 2 is 0.830 bits per heavy atom. The first-order chi connectivity index (χ1) is 62.6. The number of benzene rings is 4. The third kappa shape index (κ3) is 20.9. The Kier molecular flexibility index (Phi) is 33.9. The van der Waals surface area contributed by atoms with E-state index < -0.39 is 237 Å². The van der Waals surface area contributed by atoms with E-state index in [4.69, 9.17) is 61.0 Å². The van der Waals surface area contributed by atoms with E-state index in [-0.39, 0.29) is 91.7 Å². The van der Waals surface area contributed by atoms with Crippen molar-refractivity contribution in [3.63, 3.8) is 0 Å². The Morgan fingerprint density at radius 3 is 1.13 bits per heavy atom. The zero-order valence-electron chi connectivity index (χ0n) is 83.0. The maximum absolute atomic E-state index is 15.8. The van der Waals surface area contributed by atoms with Gasteiger partial charge in [0.15, 0.2) is 29.4 Å². The molecule has 1 heterocycles. The molecule has 7 aliphatic carbocycles. The third-order valence-electron chi connectivity index (χ3n) is 29.6. The standard InChI is InChI=1S/C52H72NO13Si.C51H70NO14Si.W/c1-29(2)67(30(3)4)66-41(40(33-20-16-14-17-21-33)53-47(59)65-48(7,8)9)46(58)62-37-27-52(60)44(63-45(57)34-22-18-15-19-23-34)42-50(12,43(56)36(28-54)39(31(37)5)49(52,10)11)38(61-13)26-35-24-25-51(35,42)64-32(6)55;1-28(2)67(29(3)4)66-40(39(32-20-16-14-17-21-32)52-46(58)65-47(7,8)9)45(57)62-35-25-51(59)43(63-44(56)33-22-18-15-19-23-33)41-49(12,42(55)34(26-53)38(30(35)5)48(51,10)11)36(60-13)24-37-50(41,27-61-37)64-31(6)54;/h14-23,29-30,35-38,40-42,44,54,60H,24-28H2,1-13H3,(H,53,59);14-23,28-29,34-37,39-41,43,53,59H,24-27H2,1-13H3,(H,52,58);/t35-,36-,37+,38+,40+,41?,42?,44+,50-,51+,52-;34-,35+,36+,37-,39+,40-,41?,43+,49-,50+,51-;/m11./s1. The smallest absolute Gasteiger partial charge is 0.408 e. The van der Waals surface area contributed by atoms with Gasteiger partial charge < -0.3 is 92.0 Å². The van der Waals surface area contributed by atoms with Crippen LogP contribution < -0.4 is 10.6 Å². The summed E-state index contributed by atoms with van der Waals surface area (Å²) in [5.41, 5.74) is -12.5. The second-order valence-corrected chi connectivity index (χ2v) is 49.0. The molecule has 2 amide bonds. The van der Waals surface area contributed by atoms with Gasteiger partial charge in [0.2, 0.25) is 18.1 Å². The fourth-order valence-corrected chi connectivity index (χ4v) is 28.3. The number of hydrogen-bond donors (Lipinski definition) is 6. The van der Waals surface area contributed by atoms with Gasteiger partial charge >= 0.3 is 48.0 Å². The summed E-state index contributed by atoms with van der Waals surface area (Å²) in [6.07, 6.45) is -12.2. The van der Waals surface area contributed by atoms with Crippen LogP contribution in [0.4, 0.5) is 9.59 Å². The normalized spacial score (nSPS) is 30.8. The number of methoxy groups -OCH3 is 2. The first kappa shape index (κ1) is 109. The van der Waals surface area contributed by atoms with Crippen molar-refractivity contribution in [3.8, 4) is 0 Å². The minimum atomic E-state index is -2.23. The van der Waals surface area contributed by atoms with Gasteiger partial charge in [0.1, 0.15) is 58.5 Å². The number of carbonyl (C=O) groups excluding carboxylic acids is 10. The molecule has 8 aliphatic rings. The molecule has 4 bridgehead atoms. The van der Waals surface area contributed by atoms with E-state index in [9.17, 15) is 49.2 Å². The van der Waals surface area contributed by atoms with Crippen LogP contribution in [0.5, 0.6) is 0 Å². The molecule has 3 unspecified atom stereocenters. The number of alkyl carbamates (subject to hydrolysis) is 2. The average molecular weight is 2080 g/mol. The summed E-state index contributed by atoms with van der Waals surface area (Å²) in [6, 6.07) is 32.0. The molecular formula is C103H142N2O27Si2W. The van der Waals surface area contributed by atoms with E-state index in [0.717, 1.165) is 0 Å². The number of amides is 2. The quantitative estimate of drug-likeness (QED) is 0.0133. The van der Waals surface area contributed by atoms with Crippen molar-refractivity contribution in [2.75, 3.05) is 34.0 Å². The van der Waals surface area contributed by atoms with Gasteiger partial charge in [-0.2, -0.15) is 0 Å². The topological polar surface area (TPSA) is 396 Å². The van der Waals surface area contributed by atoms with Crippen LogP contribution in [-0.2, 0) is 111 Å². The van der Waals surface area contributed by atoms with E-state index in [1.54, 1.807) is 212 Å². The first-order valence-electron chi connectivity index (χ1n) is 46.9. The molecule has 0 aromatic heterocycles. The summed E-state index contributed by atoms with van der Waals surface area (Å²) in [7, 11) is -0.693. The van der Waals surface area contributed by atoms with Crippen molar-refractivity contribution in [3.05, 3.63) is 166 Å². The number of carbonyl (C=O) groups is 10. The second kappa shape index (κ2) is 42.1. The maximum Gasteiger partial charge on any atom is 0.408 e. The molecule has 0 spiro atoms. The summed E-state index contributed by atoms with van der Waals surface area (Å²) >= 11 is 0. The molecule has 1 aliphatic heterocycles. The number of esters is 6. The molecule has 4 aromatic carbocycles. The average Bonchev–Trinajstić information content (AvgIpc) is 0.670. The Balaban J connectivity index is 0.000000277. The van der Waals surface area contributed by atoms with Crippen LogP contribution in [0, 0.1) is 51.2 Å². The number of ketones is 2. The first-order valence-corrected chi connectivity index (χ1v) is 50.0. The van der Waals surface area contributed by atoms with Crippen LogP contribution in [-0.4, -0.2) is 221 Å². The fraction of sp³-hybridized carbons (Fsp3) is 0.631. The minimum absolute atomic E-state index is 0. The van der Waals surface area contributed by atoms with Crippen molar-refractivity contribution in [1.29, 1.82) is 0 Å². The van der Waals surface area contributed by atoms with Crippen LogP contribution in [0.25, 0.3) is 0 Å². The Labute approximate surface area is 812 Å². The molecule has 4 aromatic rings. The van der Waals surface area contributed by atoms with E-state index in [0.29, 0.717) is 47.1 Å². The van der Waals surface area contributed by atoms with Crippen molar-refractivity contribution in [2.24, 2.45) is 51.2 Å². The summed E-state index contributed by atoms with van der Waals surface area (Å²) in [6.45, 7) is 41.1. The number of hydrogen-bond acceptors (Lipinski definition) is 27. The minimum Gasteiger partial charge on any atom is -0.458 e. The van der Waals surface area contributed by atoms with Gasteiger partial charge in [-0.05, 0) is 168 Å². The molecule has 6 fully saturated rings. The monoisotopic (exact) mass is 2080 g/mol. The third-order valence-corrected chi connectivity index (χ3v) is 35.2. The van der Waals surface area contributed by atoms with Crippen LogP contribution in [0.1, 0.15) is 249 Å². The van der Waals surface area contributed by atoms with Crippen LogP contribution in [0.2, 0.25) is 22.2 Å². The predicted molar refractivity (Wildman–Crippen MR) is 499 cm³/mol. The van der Waals surface area contributed by atoms with Gasteiger partial charge in [-0.1, -0.05) is 180 Å². The van der Waals surface area contributed by atoms with Crippen molar-refractivity contribution in [1.82, 2.24) is 10.6 Å². The molecule has 5 saturated carbocycles. The van der Waals surface area contributed by atoms with Crippen LogP contribution in [0.15, 0.2) is 144 Å². The molecule has 32 heteroatoms. The Bertz CT molecular complexity index is 4680. The van der Waals surface area contributed by atoms with Gasteiger partial charge in [0.05, 0.1) is 89.7 Å². The van der Waals surface area contributed by atoms with Gasteiger partial charge in [-0.25, -0.2) is 28.8 Å². The van der Waals surface area contributed by atoms with E-state index in [1.165, 1.54) is 28.1 Å². The number of aliphatic hydroxyl groups is 4. The summed E-state index contributed by atoms with van der Waals surface area (Å²) in [5, 5.41) is 56.8. The summed E-state index contributed by atoms with van der Waals surface area (Å²) in [4.78, 5) is 145. The molecule has 135 heavy (non-hydrogen) atoms. The molecule has 12 rings (SSSR count). The fourth-order valence-electron chi connectivity index (χ4n) is 23.5. The van der Waals surface area contributed by atoms with E-state index >= 15 is 19.2 Å². The van der Waals surface area contributed by atoms with Crippen molar-refractivity contribution in [2.45, 2.75) is 327 Å².